The van der Waals surface area contributed by atoms with E-state index in [1.807, 2.05) is 18.7 Å². The molecule has 1 heterocycles. The van der Waals surface area contributed by atoms with E-state index >= 15 is 0 Å². The topological polar surface area (TPSA) is 46.3 Å². The van der Waals surface area contributed by atoms with Gasteiger partial charge >= 0.3 is 0 Å². The highest BCUT2D eigenvalue weighted by molar-refractivity contribution is 5.79. The molecule has 1 aliphatic rings. The maximum Gasteiger partial charge on any atom is 0.225 e. The molecule has 1 amide bonds. The van der Waals surface area contributed by atoms with Crippen LogP contribution in [0.2, 0.25) is 0 Å². The fourth-order valence-electron chi connectivity index (χ4n) is 3.19. The van der Waals surface area contributed by atoms with Gasteiger partial charge in [0, 0.05) is 31.0 Å². The third-order valence-electron chi connectivity index (χ3n) is 4.47. The van der Waals surface area contributed by atoms with Crippen molar-refractivity contribution in [2.75, 3.05) is 13.1 Å². The molecule has 1 aliphatic heterocycles. The first kappa shape index (κ1) is 16.0. The first-order chi connectivity index (χ1) is 10.0. The van der Waals surface area contributed by atoms with Gasteiger partial charge in [0.1, 0.15) is 5.82 Å². The Kier molecular flexibility index (Phi) is 5.34. The Bertz CT molecular complexity index is 470. The van der Waals surface area contributed by atoms with E-state index in [9.17, 15) is 9.18 Å². The summed E-state index contributed by atoms with van der Waals surface area (Å²) in [5, 5.41) is 0. The molecule has 1 aromatic carbocycles. The van der Waals surface area contributed by atoms with E-state index in [-0.39, 0.29) is 29.6 Å². The second-order valence-electron chi connectivity index (χ2n) is 6.00. The molecule has 0 aromatic heterocycles. The Morgan fingerprint density at radius 1 is 1.29 bits per heavy atom. The van der Waals surface area contributed by atoms with Crippen LogP contribution in [0.5, 0.6) is 0 Å². The third kappa shape index (κ3) is 3.82. The lowest BCUT2D eigenvalue weighted by Crippen LogP contribution is -2.50. The van der Waals surface area contributed by atoms with Crippen molar-refractivity contribution in [1.29, 1.82) is 0 Å². The van der Waals surface area contributed by atoms with Crippen LogP contribution in [-0.4, -0.2) is 29.9 Å². The number of amides is 1. The van der Waals surface area contributed by atoms with Gasteiger partial charge in [0.15, 0.2) is 0 Å². The van der Waals surface area contributed by atoms with E-state index in [0.29, 0.717) is 13.1 Å². The number of nitrogens with two attached hydrogens (primary N) is 1. The molecule has 3 nitrogen and oxygen atoms in total. The highest BCUT2D eigenvalue weighted by atomic mass is 19.1. The molecule has 2 N–H and O–H groups in total. The number of likely N-dealkylation sites (tertiary alicyclic amines) is 1. The Balaban J connectivity index is 2.12. The molecule has 0 spiro atoms. The Labute approximate surface area is 126 Å². The van der Waals surface area contributed by atoms with Gasteiger partial charge in [-0.25, -0.2) is 4.39 Å². The van der Waals surface area contributed by atoms with Gasteiger partial charge < -0.3 is 10.6 Å². The summed E-state index contributed by atoms with van der Waals surface area (Å²) >= 11 is 0. The van der Waals surface area contributed by atoms with Crippen LogP contribution in [0.3, 0.4) is 0 Å². The summed E-state index contributed by atoms with van der Waals surface area (Å²) in [5.41, 5.74) is 7.20. The minimum atomic E-state index is -0.233. The molecule has 0 radical (unpaired) electrons. The number of hydrogen-bond acceptors (Lipinski definition) is 2. The van der Waals surface area contributed by atoms with Crippen molar-refractivity contribution in [1.82, 2.24) is 4.90 Å². The minimum Gasteiger partial charge on any atom is -0.340 e. The van der Waals surface area contributed by atoms with Gasteiger partial charge in [-0.15, -0.1) is 0 Å². The first-order valence-corrected chi connectivity index (χ1v) is 7.84. The number of rotatable bonds is 4. The van der Waals surface area contributed by atoms with E-state index in [2.05, 4.69) is 0 Å². The highest BCUT2D eigenvalue weighted by Crippen LogP contribution is 2.28. The number of piperidine rings is 1. The van der Waals surface area contributed by atoms with Crippen LogP contribution < -0.4 is 5.73 Å². The van der Waals surface area contributed by atoms with E-state index in [0.717, 1.165) is 24.8 Å². The van der Waals surface area contributed by atoms with Crippen molar-refractivity contribution in [2.45, 2.75) is 45.1 Å². The number of hydrogen-bond donors (Lipinski definition) is 1. The smallest absolute Gasteiger partial charge is 0.225 e. The van der Waals surface area contributed by atoms with Crippen LogP contribution in [0.1, 0.15) is 44.6 Å². The quantitative estimate of drug-likeness (QED) is 0.927. The summed E-state index contributed by atoms with van der Waals surface area (Å²) in [6, 6.07) is 6.55. The zero-order valence-electron chi connectivity index (χ0n) is 12.9. The molecule has 4 heteroatoms. The first-order valence-electron chi connectivity index (χ1n) is 7.84. The van der Waals surface area contributed by atoms with Crippen molar-refractivity contribution in [3.05, 3.63) is 35.6 Å². The van der Waals surface area contributed by atoms with Gasteiger partial charge in [-0.05, 0) is 37.0 Å². The summed E-state index contributed by atoms with van der Waals surface area (Å²) in [5.74, 6) is 0.267. The lowest BCUT2D eigenvalue weighted by molar-refractivity contribution is -0.137. The van der Waals surface area contributed by atoms with Gasteiger partial charge in [-0.2, -0.15) is 0 Å². The molecule has 0 saturated carbocycles. The second-order valence-corrected chi connectivity index (χ2v) is 6.00. The normalized spacial score (nSPS) is 22.6. The van der Waals surface area contributed by atoms with E-state index in [1.54, 1.807) is 12.1 Å². The molecule has 0 bridgehead atoms. The maximum absolute atomic E-state index is 13.0. The summed E-state index contributed by atoms with van der Waals surface area (Å²) in [4.78, 5) is 14.4. The Morgan fingerprint density at radius 2 is 1.90 bits per heavy atom. The number of carbonyl (C=O) groups excluding carboxylic acids is 1. The summed E-state index contributed by atoms with van der Waals surface area (Å²) in [7, 11) is 0. The van der Waals surface area contributed by atoms with Crippen molar-refractivity contribution in [3.63, 3.8) is 0 Å². The van der Waals surface area contributed by atoms with Gasteiger partial charge in [-0.1, -0.05) is 26.0 Å². The lowest BCUT2D eigenvalue weighted by atomic mass is 9.87. The fraction of sp³-hybridized carbons (Fsp3) is 0.588. The molecule has 1 fully saturated rings. The predicted molar refractivity (Wildman–Crippen MR) is 82.4 cm³/mol. The summed E-state index contributed by atoms with van der Waals surface area (Å²) in [6.07, 6.45) is 2.57. The number of benzene rings is 1. The van der Waals surface area contributed by atoms with Crippen molar-refractivity contribution < 1.29 is 9.18 Å². The van der Waals surface area contributed by atoms with E-state index in [4.69, 9.17) is 5.73 Å². The molecule has 116 valence electrons. The SMILES string of the molecule is CCC(CC)C(=O)N1CC(N)CC(c2ccc(F)cc2)C1. The molecule has 2 unspecified atom stereocenters. The number of carbonyl (C=O) groups is 1. The van der Waals surface area contributed by atoms with Crippen LogP contribution in [0.4, 0.5) is 4.39 Å². The van der Waals surface area contributed by atoms with Crippen molar-refractivity contribution >= 4 is 5.91 Å². The molecule has 21 heavy (non-hydrogen) atoms. The van der Waals surface area contributed by atoms with Crippen LogP contribution in [-0.2, 0) is 4.79 Å². The van der Waals surface area contributed by atoms with Gasteiger partial charge in [-0.3, -0.25) is 4.79 Å². The molecule has 2 rings (SSSR count). The Hall–Kier alpha value is -1.42. The van der Waals surface area contributed by atoms with Crippen LogP contribution in [0.15, 0.2) is 24.3 Å². The van der Waals surface area contributed by atoms with Crippen molar-refractivity contribution in [2.24, 2.45) is 11.7 Å². The van der Waals surface area contributed by atoms with Crippen molar-refractivity contribution in [3.8, 4) is 0 Å². The number of nitrogens with zero attached hydrogens (tertiary/aromatic N) is 1. The van der Waals surface area contributed by atoms with Gasteiger partial charge in [0.05, 0.1) is 0 Å². The predicted octanol–water partition coefficient (Wildman–Crippen LogP) is 2.91. The molecule has 1 aromatic rings. The third-order valence-corrected chi connectivity index (χ3v) is 4.47. The van der Waals surface area contributed by atoms with Gasteiger partial charge in [0.25, 0.3) is 0 Å². The molecule has 0 aliphatic carbocycles. The van der Waals surface area contributed by atoms with Crippen LogP contribution in [0.25, 0.3) is 0 Å². The molecule has 2 atom stereocenters. The largest absolute Gasteiger partial charge is 0.340 e. The maximum atomic E-state index is 13.0. The average molecular weight is 292 g/mol. The second kappa shape index (κ2) is 7.03. The molecular weight excluding hydrogens is 267 g/mol. The number of halogens is 1. The molecule has 1 saturated heterocycles. The van der Waals surface area contributed by atoms with Gasteiger partial charge in [0.2, 0.25) is 5.91 Å². The Morgan fingerprint density at radius 3 is 2.48 bits per heavy atom. The zero-order valence-corrected chi connectivity index (χ0v) is 12.9. The highest BCUT2D eigenvalue weighted by Gasteiger charge is 2.31. The lowest BCUT2D eigenvalue weighted by Gasteiger charge is -2.38. The summed E-state index contributed by atoms with van der Waals surface area (Å²) in [6.45, 7) is 5.42. The average Bonchev–Trinajstić information content (AvgIpc) is 2.48. The molecular formula is C17H25FN2O. The zero-order chi connectivity index (χ0) is 15.4. The van der Waals surface area contributed by atoms with E-state index < -0.39 is 0 Å². The minimum absolute atomic E-state index is 0.00730. The van der Waals surface area contributed by atoms with E-state index in [1.165, 1.54) is 12.1 Å². The standard InChI is InChI=1S/C17H25FN2O/c1-3-12(4-2)17(21)20-10-14(9-16(19)11-20)13-5-7-15(18)8-6-13/h5-8,12,14,16H,3-4,9-11,19H2,1-2H3. The fourth-order valence-corrected chi connectivity index (χ4v) is 3.19. The van der Waals surface area contributed by atoms with Crippen LogP contribution >= 0.6 is 0 Å². The summed E-state index contributed by atoms with van der Waals surface area (Å²) < 4.78 is 13.0. The van der Waals surface area contributed by atoms with Crippen LogP contribution in [0, 0.1) is 11.7 Å². The monoisotopic (exact) mass is 292 g/mol.